The zero-order valence-corrected chi connectivity index (χ0v) is 20.8. The standard InChI is InChI=1S/C25H29ClN2O6/c1-6-33-21-10-15-16-9-14(34-13(2)29)7-8-19(16)27-24(17(15)11-20(21)30-3)23-18(26)12-22(31-4)28-25(23)32-5/h10-12,14,16,19H,6-9H2,1-5H3/t14-,16-,19-/m1/s1. The highest BCUT2D eigenvalue weighted by atomic mass is 35.5. The minimum absolute atomic E-state index is 0.0138. The van der Waals surface area contributed by atoms with Crippen molar-refractivity contribution < 1.29 is 28.5 Å². The molecule has 0 bridgehead atoms. The third-order valence-electron chi connectivity index (χ3n) is 6.24. The van der Waals surface area contributed by atoms with Crippen LogP contribution in [0.2, 0.25) is 5.02 Å². The number of methoxy groups -OCH3 is 3. The second-order valence-corrected chi connectivity index (χ2v) is 8.66. The molecule has 2 heterocycles. The van der Waals surface area contributed by atoms with E-state index in [-0.39, 0.29) is 24.0 Å². The molecule has 1 fully saturated rings. The topological polar surface area (TPSA) is 88.5 Å². The summed E-state index contributed by atoms with van der Waals surface area (Å²) in [6.45, 7) is 3.88. The van der Waals surface area contributed by atoms with Crippen LogP contribution in [0.25, 0.3) is 0 Å². The SMILES string of the molecule is CCOc1cc2c(cc1OC)C(c1c(Cl)cc(OC)nc1OC)=N[C@@H]1CC[C@@H](OC(C)=O)C[C@H]21. The predicted molar refractivity (Wildman–Crippen MR) is 128 cm³/mol. The molecular weight excluding hydrogens is 460 g/mol. The first-order chi connectivity index (χ1) is 16.4. The van der Waals surface area contributed by atoms with Crippen LogP contribution < -0.4 is 18.9 Å². The molecule has 1 aliphatic carbocycles. The fourth-order valence-electron chi connectivity index (χ4n) is 4.83. The number of ether oxygens (including phenoxy) is 5. The molecule has 0 radical (unpaired) electrons. The molecule has 2 aromatic rings. The van der Waals surface area contributed by atoms with Crippen molar-refractivity contribution in [1.82, 2.24) is 4.98 Å². The lowest BCUT2D eigenvalue weighted by Crippen LogP contribution is -2.36. The molecule has 0 spiro atoms. The number of carbonyl (C=O) groups excluding carboxylic acids is 1. The number of fused-ring (bicyclic) bond motifs is 3. The van der Waals surface area contributed by atoms with E-state index in [9.17, 15) is 4.79 Å². The summed E-state index contributed by atoms with van der Waals surface area (Å²) in [7, 11) is 4.67. The zero-order valence-electron chi connectivity index (χ0n) is 20.0. The fourth-order valence-corrected chi connectivity index (χ4v) is 5.10. The van der Waals surface area contributed by atoms with Gasteiger partial charge in [-0.05, 0) is 43.9 Å². The van der Waals surface area contributed by atoms with E-state index in [0.717, 1.165) is 24.0 Å². The molecule has 1 aliphatic heterocycles. The summed E-state index contributed by atoms with van der Waals surface area (Å²) >= 11 is 6.71. The molecule has 34 heavy (non-hydrogen) atoms. The van der Waals surface area contributed by atoms with Crippen LogP contribution in [-0.4, -0.2) is 56.7 Å². The monoisotopic (exact) mass is 488 g/mol. The Kier molecular flexibility index (Phi) is 7.16. The van der Waals surface area contributed by atoms with Crippen molar-refractivity contribution in [2.45, 2.75) is 51.2 Å². The van der Waals surface area contributed by atoms with Crippen LogP contribution in [0.4, 0.5) is 0 Å². The van der Waals surface area contributed by atoms with Crippen LogP contribution in [0.15, 0.2) is 23.2 Å². The molecule has 0 unspecified atom stereocenters. The van der Waals surface area contributed by atoms with E-state index in [4.69, 9.17) is 40.3 Å². The van der Waals surface area contributed by atoms with E-state index in [0.29, 0.717) is 52.6 Å². The second-order valence-electron chi connectivity index (χ2n) is 8.25. The molecule has 1 aromatic heterocycles. The van der Waals surface area contributed by atoms with Crippen molar-refractivity contribution in [2.75, 3.05) is 27.9 Å². The number of halogens is 1. The van der Waals surface area contributed by atoms with Gasteiger partial charge in [0.25, 0.3) is 0 Å². The second kappa shape index (κ2) is 10.1. The number of aromatic nitrogens is 1. The van der Waals surface area contributed by atoms with Crippen LogP contribution in [0, 0.1) is 0 Å². The van der Waals surface area contributed by atoms with Crippen LogP contribution in [0.1, 0.15) is 55.7 Å². The number of hydrogen-bond acceptors (Lipinski definition) is 8. The number of pyridine rings is 1. The lowest BCUT2D eigenvalue weighted by atomic mass is 9.74. The van der Waals surface area contributed by atoms with Crippen molar-refractivity contribution in [2.24, 2.45) is 4.99 Å². The van der Waals surface area contributed by atoms with Crippen molar-refractivity contribution in [3.8, 4) is 23.3 Å². The van der Waals surface area contributed by atoms with E-state index < -0.39 is 0 Å². The van der Waals surface area contributed by atoms with Crippen LogP contribution in [0.5, 0.6) is 23.3 Å². The predicted octanol–water partition coefficient (Wildman–Crippen LogP) is 4.58. The molecule has 3 atom stereocenters. The maximum Gasteiger partial charge on any atom is 0.302 e. The van der Waals surface area contributed by atoms with Crippen molar-refractivity contribution in [3.63, 3.8) is 0 Å². The van der Waals surface area contributed by atoms with E-state index in [1.165, 1.54) is 21.1 Å². The lowest BCUT2D eigenvalue weighted by Gasteiger charge is -2.38. The van der Waals surface area contributed by atoms with Gasteiger partial charge in [0.15, 0.2) is 11.5 Å². The van der Waals surface area contributed by atoms with Gasteiger partial charge in [-0.1, -0.05) is 11.6 Å². The number of carbonyl (C=O) groups is 1. The summed E-state index contributed by atoms with van der Waals surface area (Å²) in [5.74, 6) is 1.72. The average Bonchev–Trinajstić information content (AvgIpc) is 2.82. The Labute approximate surface area is 204 Å². The highest BCUT2D eigenvalue weighted by Crippen LogP contribution is 2.47. The summed E-state index contributed by atoms with van der Waals surface area (Å²) in [5, 5.41) is 0.424. The van der Waals surface area contributed by atoms with E-state index in [2.05, 4.69) is 4.98 Å². The number of aliphatic imine (C=N–C) groups is 1. The maximum absolute atomic E-state index is 11.6. The van der Waals surface area contributed by atoms with Gasteiger partial charge in [0.1, 0.15) is 6.10 Å². The third-order valence-corrected chi connectivity index (χ3v) is 6.54. The van der Waals surface area contributed by atoms with Crippen molar-refractivity contribution in [3.05, 3.63) is 39.9 Å². The third kappa shape index (κ3) is 4.51. The Balaban J connectivity index is 1.90. The average molecular weight is 489 g/mol. The van der Waals surface area contributed by atoms with Gasteiger partial charge >= 0.3 is 5.97 Å². The summed E-state index contributed by atoms with van der Waals surface area (Å²) in [6, 6.07) is 5.57. The molecule has 0 saturated heterocycles. The first kappa shape index (κ1) is 24.1. The fraction of sp³-hybridized carbons (Fsp3) is 0.480. The largest absolute Gasteiger partial charge is 0.493 e. The maximum atomic E-state index is 11.6. The number of nitrogens with zero attached hydrogens (tertiary/aromatic N) is 2. The van der Waals surface area contributed by atoms with E-state index >= 15 is 0 Å². The lowest BCUT2D eigenvalue weighted by molar-refractivity contribution is -0.148. The van der Waals surface area contributed by atoms with Gasteiger partial charge in [-0.15, -0.1) is 0 Å². The summed E-state index contributed by atoms with van der Waals surface area (Å²) < 4.78 is 27.9. The van der Waals surface area contributed by atoms with Crippen LogP contribution in [0.3, 0.4) is 0 Å². The van der Waals surface area contributed by atoms with Gasteiger partial charge < -0.3 is 23.7 Å². The molecule has 0 amide bonds. The smallest absolute Gasteiger partial charge is 0.302 e. The molecular formula is C25H29ClN2O6. The summed E-state index contributed by atoms with van der Waals surface area (Å²) in [6.07, 6.45) is 2.04. The number of esters is 1. The number of rotatable bonds is 7. The van der Waals surface area contributed by atoms with E-state index in [1.807, 2.05) is 19.1 Å². The van der Waals surface area contributed by atoms with Gasteiger partial charge in [0.2, 0.25) is 11.8 Å². The molecule has 2 aliphatic rings. The number of benzene rings is 1. The first-order valence-electron chi connectivity index (χ1n) is 11.3. The Morgan fingerprint density at radius 1 is 1.09 bits per heavy atom. The van der Waals surface area contributed by atoms with Crippen molar-refractivity contribution >= 4 is 23.3 Å². The first-order valence-corrected chi connectivity index (χ1v) is 11.7. The van der Waals surface area contributed by atoms with E-state index in [1.54, 1.807) is 13.2 Å². The Bertz CT molecular complexity index is 1120. The molecule has 0 N–H and O–H groups in total. The highest BCUT2D eigenvalue weighted by Gasteiger charge is 2.40. The normalized spacial score (nSPS) is 21.0. The zero-order chi connectivity index (χ0) is 24.4. The van der Waals surface area contributed by atoms with Gasteiger partial charge in [-0.25, -0.2) is 0 Å². The Hall–Kier alpha value is -3.00. The quantitative estimate of drug-likeness (QED) is 0.527. The molecule has 9 heteroatoms. The van der Waals surface area contributed by atoms with Gasteiger partial charge in [0.05, 0.1) is 50.3 Å². The summed E-state index contributed by atoms with van der Waals surface area (Å²) in [5.41, 5.74) is 3.18. The minimum atomic E-state index is -0.269. The van der Waals surface area contributed by atoms with Gasteiger partial charge in [0, 0.05) is 24.5 Å². The minimum Gasteiger partial charge on any atom is -0.493 e. The molecule has 1 saturated carbocycles. The number of hydrogen-bond donors (Lipinski definition) is 0. The molecule has 8 nitrogen and oxygen atoms in total. The Morgan fingerprint density at radius 3 is 2.53 bits per heavy atom. The molecule has 182 valence electrons. The Morgan fingerprint density at radius 2 is 1.88 bits per heavy atom. The van der Waals surface area contributed by atoms with Crippen LogP contribution >= 0.6 is 11.6 Å². The summed E-state index contributed by atoms with van der Waals surface area (Å²) in [4.78, 5) is 21.2. The van der Waals surface area contributed by atoms with Crippen molar-refractivity contribution in [1.29, 1.82) is 0 Å². The van der Waals surface area contributed by atoms with Gasteiger partial charge in [-0.3, -0.25) is 9.79 Å². The molecule has 1 aromatic carbocycles. The van der Waals surface area contributed by atoms with Crippen LogP contribution in [-0.2, 0) is 9.53 Å². The van der Waals surface area contributed by atoms with Gasteiger partial charge in [-0.2, -0.15) is 4.98 Å². The highest BCUT2D eigenvalue weighted by molar-refractivity contribution is 6.36. The molecule has 4 rings (SSSR count).